The Labute approximate surface area is 171 Å². The van der Waals surface area contributed by atoms with Gasteiger partial charge in [-0.05, 0) is 61.7 Å². The number of hydrogen-bond acceptors (Lipinski definition) is 4. The number of carbonyl (C=O) groups is 1. The fraction of sp³-hybridized carbons (Fsp3) is 0.381. The van der Waals surface area contributed by atoms with E-state index in [1.165, 1.54) is 12.1 Å². The molecule has 0 bridgehead atoms. The number of nitrogens with one attached hydrogen (secondary N) is 1. The average molecular weight is 423 g/mol. The summed E-state index contributed by atoms with van der Waals surface area (Å²) in [5.74, 6) is -0.175. The molecule has 29 heavy (non-hydrogen) atoms. The van der Waals surface area contributed by atoms with E-state index in [1.807, 2.05) is 32.0 Å². The van der Waals surface area contributed by atoms with Crippen LogP contribution in [0.4, 0.5) is 10.1 Å². The van der Waals surface area contributed by atoms with Crippen molar-refractivity contribution in [1.29, 1.82) is 0 Å². The van der Waals surface area contributed by atoms with Gasteiger partial charge in [0.1, 0.15) is 24.2 Å². The summed E-state index contributed by atoms with van der Waals surface area (Å²) in [6, 6.07) is 9.81. The van der Waals surface area contributed by atoms with Crippen molar-refractivity contribution in [3.63, 3.8) is 0 Å². The van der Waals surface area contributed by atoms with Gasteiger partial charge in [0, 0.05) is 0 Å². The number of amides is 1. The van der Waals surface area contributed by atoms with E-state index in [4.69, 9.17) is 4.74 Å². The first-order chi connectivity index (χ1) is 13.6. The standard InChI is InChI=1S/C21H27FN2O4S/c1-5-19(24(29(4,26)27)18-11-9-17(22)10-12-18)21(25)23-13-14-28-20-8-6-7-15(2)16(20)3/h6-12,19H,5,13-14H2,1-4H3,(H,23,25)/t19-/m0/s1. The number of anilines is 1. The van der Waals surface area contributed by atoms with E-state index in [0.29, 0.717) is 0 Å². The van der Waals surface area contributed by atoms with Gasteiger partial charge in [0.15, 0.2) is 0 Å². The molecule has 2 aromatic carbocycles. The van der Waals surface area contributed by atoms with Crippen LogP contribution in [0.5, 0.6) is 5.75 Å². The van der Waals surface area contributed by atoms with Crippen LogP contribution in [0, 0.1) is 19.7 Å². The molecule has 0 heterocycles. The van der Waals surface area contributed by atoms with Crippen molar-refractivity contribution in [2.24, 2.45) is 0 Å². The third-order valence-electron chi connectivity index (χ3n) is 4.62. The maximum Gasteiger partial charge on any atom is 0.244 e. The highest BCUT2D eigenvalue weighted by Gasteiger charge is 2.31. The van der Waals surface area contributed by atoms with Crippen LogP contribution in [0.2, 0.25) is 0 Å². The zero-order valence-electron chi connectivity index (χ0n) is 17.1. The highest BCUT2D eigenvalue weighted by molar-refractivity contribution is 7.92. The van der Waals surface area contributed by atoms with Crippen LogP contribution in [0.25, 0.3) is 0 Å². The van der Waals surface area contributed by atoms with Gasteiger partial charge in [0.05, 0.1) is 18.5 Å². The second-order valence-electron chi connectivity index (χ2n) is 6.80. The summed E-state index contributed by atoms with van der Waals surface area (Å²) < 4.78 is 44.6. The van der Waals surface area contributed by atoms with Crippen LogP contribution in [0.1, 0.15) is 24.5 Å². The Morgan fingerprint density at radius 2 is 1.83 bits per heavy atom. The van der Waals surface area contributed by atoms with E-state index >= 15 is 0 Å². The summed E-state index contributed by atoms with van der Waals surface area (Å²) in [5.41, 5.74) is 2.38. The lowest BCUT2D eigenvalue weighted by molar-refractivity contribution is -0.122. The highest BCUT2D eigenvalue weighted by atomic mass is 32.2. The smallest absolute Gasteiger partial charge is 0.244 e. The third kappa shape index (κ3) is 5.93. The molecule has 1 atom stereocenters. The lowest BCUT2D eigenvalue weighted by Gasteiger charge is -2.30. The summed E-state index contributed by atoms with van der Waals surface area (Å²) in [6.07, 6.45) is 1.28. The minimum atomic E-state index is -3.75. The zero-order valence-corrected chi connectivity index (χ0v) is 17.9. The fourth-order valence-electron chi connectivity index (χ4n) is 2.98. The monoisotopic (exact) mass is 422 g/mol. The Bertz CT molecular complexity index is 946. The molecule has 0 unspecified atom stereocenters. The summed E-state index contributed by atoms with van der Waals surface area (Å²) in [7, 11) is -3.75. The Hall–Kier alpha value is -2.61. The molecule has 8 heteroatoms. The van der Waals surface area contributed by atoms with Gasteiger partial charge in [-0.2, -0.15) is 0 Å². The number of carbonyl (C=O) groups excluding carboxylic acids is 1. The largest absolute Gasteiger partial charge is 0.491 e. The van der Waals surface area contributed by atoms with E-state index in [9.17, 15) is 17.6 Å². The predicted octanol–water partition coefficient (Wildman–Crippen LogP) is 3.18. The van der Waals surface area contributed by atoms with Gasteiger partial charge >= 0.3 is 0 Å². The first-order valence-corrected chi connectivity index (χ1v) is 11.2. The molecule has 0 saturated carbocycles. The van der Waals surface area contributed by atoms with E-state index in [2.05, 4.69) is 5.32 Å². The maximum atomic E-state index is 13.2. The van der Waals surface area contributed by atoms with Gasteiger partial charge in [-0.15, -0.1) is 0 Å². The zero-order chi connectivity index (χ0) is 21.6. The van der Waals surface area contributed by atoms with Gasteiger partial charge in [0.25, 0.3) is 0 Å². The SMILES string of the molecule is CC[C@@H](C(=O)NCCOc1cccc(C)c1C)N(c1ccc(F)cc1)S(C)(=O)=O. The quantitative estimate of drug-likeness (QED) is 0.630. The van der Waals surface area contributed by atoms with Crippen molar-refractivity contribution in [3.05, 3.63) is 59.4 Å². The number of benzene rings is 2. The molecule has 2 rings (SSSR count). The number of hydrogen-bond donors (Lipinski definition) is 1. The number of halogens is 1. The van der Waals surface area contributed by atoms with E-state index in [-0.39, 0.29) is 25.3 Å². The number of sulfonamides is 1. The van der Waals surface area contributed by atoms with Crippen LogP contribution in [-0.2, 0) is 14.8 Å². The van der Waals surface area contributed by atoms with Gasteiger partial charge in [-0.25, -0.2) is 12.8 Å². The normalized spacial score (nSPS) is 12.3. The molecule has 2 aromatic rings. The van der Waals surface area contributed by atoms with E-state index < -0.39 is 27.8 Å². The molecule has 1 N–H and O–H groups in total. The van der Waals surface area contributed by atoms with Gasteiger partial charge in [0.2, 0.25) is 15.9 Å². The molecule has 0 aliphatic heterocycles. The van der Waals surface area contributed by atoms with Crippen molar-refractivity contribution >= 4 is 21.6 Å². The van der Waals surface area contributed by atoms with Crippen molar-refractivity contribution in [2.75, 3.05) is 23.7 Å². The van der Waals surface area contributed by atoms with Gasteiger partial charge in [-0.1, -0.05) is 19.1 Å². The molecule has 0 saturated heterocycles. The van der Waals surface area contributed by atoms with Gasteiger partial charge in [-0.3, -0.25) is 9.10 Å². The Morgan fingerprint density at radius 1 is 1.17 bits per heavy atom. The predicted molar refractivity (Wildman–Crippen MR) is 112 cm³/mol. The average Bonchev–Trinajstić information content (AvgIpc) is 2.66. The molecule has 0 aromatic heterocycles. The Morgan fingerprint density at radius 3 is 2.41 bits per heavy atom. The number of aryl methyl sites for hydroxylation is 1. The molecule has 0 fully saturated rings. The highest BCUT2D eigenvalue weighted by Crippen LogP contribution is 2.23. The van der Waals surface area contributed by atoms with Crippen LogP contribution < -0.4 is 14.4 Å². The second kappa shape index (κ2) is 9.73. The first-order valence-electron chi connectivity index (χ1n) is 9.36. The molecule has 1 amide bonds. The van der Waals surface area contributed by atoms with Crippen LogP contribution >= 0.6 is 0 Å². The molecule has 0 radical (unpaired) electrons. The van der Waals surface area contributed by atoms with E-state index in [1.54, 1.807) is 6.92 Å². The lowest BCUT2D eigenvalue weighted by Crippen LogP contribution is -2.50. The minimum Gasteiger partial charge on any atom is -0.491 e. The fourth-order valence-corrected chi connectivity index (χ4v) is 4.19. The Kier molecular flexibility index (Phi) is 7.61. The first kappa shape index (κ1) is 22.7. The van der Waals surface area contributed by atoms with Crippen LogP contribution in [0.3, 0.4) is 0 Å². The number of nitrogens with zero attached hydrogens (tertiary/aromatic N) is 1. The van der Waals surface area contributed by atoms with E-state index in [0.717, 1.165) is 39.6 Å². The maximum absolute atomic E-state index is 13.2. The minimum absolute atomic E-state index is 0.226. The van der Waals surface area contributed by atoms with Gasteiger partial charge < -0.3 is 10.1 Å². The molecule has 0 aliphatic rings. The molecule has 6 nitrogen and oxygen atoms in total. The lowest BCUT2D eigenvalue weighted by atomic mass is 10.1. The van der Waals surface area contributed by atoms with Crippen molar-refractivity contribution in [3.8, 4) is 5.75 Å². The third-order valence-corrected chi connectivity index (χ3v) is 5.80. The summed E-state index contributed by atoms with van der Waals surface area (Å²) in [5, 5.41) is 2.73. The van der Waals surface area contributed by atoms with Crippen LogP contribution in [0.15, 0.2) is 42.5 Å². The topological polar surface area (TPSA) is 75.7 Å². The van der Waals surface area contributed by atoms with Crippen LogP contribution in [-0.4, -0.2) is 39.8 Å². The summed E-state index contributed by atoms with van der Waals surface area (Å²) in [4.78, 5) is 12.7. The molecule has 0 aliphatic carbocycles. The molecular weight excluding hydrogens is 395 g/mol. The second-order valence-corrected chi connectivity index (χ2v) is 8.66. The Balaban J connectivity index is 2.05. The van der Waals surface area contributed by atoms with Crippen molar-refractivity contribution in [1.82, 2.24) is 5.32 Å². The van der Waals surface area contributed by atoms with Crippen molar-refractivity contribution < 1.29 is 22.3 Å². The summed E-state index contributed by atoms with van der Waals surface area (Å²) >= 11 is 0. The molecular formula is C21H27FN2O4S. The van der Waals surface area contributed by atoms with Crippen molar-refractivity contribution in [2.45, 2.75) is 33.2 Å². The number of ether oxygens (including phenoxy) is 1. The molecule has 158 valence electrons. The number of rotatable bonds is 9. The summed E-state index contributed by atoms with van der Waals surface area (Å²) in [6.45, 7) is 6.15. The molecule has 0 spiro atoms.